The second-order valence-electron chi connectivity index (χ2n) is 3.52. The first-order chi connectivity index (χ1) is 8.73. The Bertz CT molecular complexity index is 520. The summed E-state index contributed by atoms with van der Waals surface area (Å²) in [5, 5.41) is 19.6. The summed E-state index contributed by atoms with van der Waals surface area (Å²) in [5.74, 6) is -1.16. The van der Waals surface area contributed by atoms with Gasteiger partial charge in [-0.2, -0.15) is 0 Å². The SMILES string of the molecule is CC(O)=C(C(=N)C(Cl)(Cl)Cl)C(=O)Nc1ccncc1. The summed E-state index contributed by atoms with van der Waals surface area (Å²) in [6.45, 7) is 1.23. The minimum Gasteiger partial charge on any atom is -0.512 e. The predicted octanol–water partition coefficient (Wildman–Crippen LogP) is 3.24. The van der Waals surface area contributed by atoms with Crippen molar-refractivity contribution in [2.75, 3.05) is 5.32 Å². The molecule has 19 heavy (non-hydrogen) atoms. The number of halogens is 3. The van der Waals surface area contributed by atoms with Gasteiger partial charge in [0.1, 0.15) is 11.3 Å². The molecule has 1 aromatic rings. The average molecular weight is 323 g/mol. The highest BCUT2D eigenvalue weighted by atomic mass is 35.6. The van der Waals surface area contributed by atoms with Crippen LogP contribution in [0.15, 0.2) is 35.9 Å². The smallest absolute Gasteiger partial charge is 0.261 e. The lowest BCUT2D eigenvalue weighted by Crippen LogP contribution is -2.29. The quantitative estimate of drug-likeness (QED) is 0.345. The molecule has 0 aromatic carbocycles. The molecule has 0 saturated heterocycles. The molecule has 0 fully saturated rings. The molecule has 1 heterocycles. The van der Waals surface area contributed by atoms with Crippen LogP contribution < -0.4 is 5.32 Å². The predicted molar refractivity (Wildman–Crippen MR) is 76.2 cm³/mol. The van der Waals surface area contributed by atoms with Crippen LogP contribution in [0.1, 0.15) is 6.92 Å². The van der Waals surface area contributed by atoms with E-state index in [1.54, 1.807) is 12.1 Å². The van der Waals surface area contributed by atoms with Gasteiger partial charge in [-0.1, -0.05) is 34.8 Å². The van der Waals surface area contributed by atoms with Crippen molar-refractivity contribution < 1.29 is 9.90 Å². The molecule has 0 aliphatic carbocycles. The number of alkyl halides is 3. The summed E-state index contributed by atoms with van der Waals surface area (Å²) in [5.41, 5.74) is -0.559. The van der Waals surface area contributed by atoms with Gasteiger partial charge in [0.2, 0.25) is 3.79 Å². The zero-order chi connectivity index (χ0) is 14.6. The number of amides is 1. The van der Waals surface area contributed by atoms with E-state index in [-0.39, 0.29) is 0 Å². The molecule has 5 nitrogen and oxygen atoms in total. The second kappa shape index (κ2) is 6.23. The molecule has 8 heteroatoms. The van der Waals surface area contributed by atoms with Crippen LogP contribution in [-0.4, -0.2) is 25.5 Å². The summed E-state index contributed by atoms with van der Waals surface area (Å²) in [4.78, 5) is 15.8. The number of allylic oxidation sites excluding steroid dienone is 1. The molecule has 1 aromatic heterocycles. The highest BCUT2D eigenvalue weighted by molar-refractivity contribution is 6.78. The number of rotatable bonds is 3. The first-order valence-electron chi connectivity index (χ1n) is 5.01. The number of aliphatic hydroxyl groups is 1. The van der Waals surface area contributed by atoms with Crippen molar-refractivity contribution >= 4 is 52.1 Å². The fourth-order valence-electron chi connectivity index (χ4n) is 1.23. The van der Waals surface area contributed by atoms with Crippen LogP contribution in [-0.2, 0) is 4.79 Å². The van der Waals surface area contributed by atoms with Gasteiger partial charge in [0.05, 0.1) is 5.71 Å². The Morgan fingerprint density at radius 3 is 2.32 bits per heavy atom. The van der Waals surface area contributed by atoms with E-state index in [1.807, 2.05) is 0 Å². The highest BCUT2D eigenvalue weighted by Crippen LogP contribution is 2.31. The molecule has 0 saturated carbocycles. The van der Waals surface area contributed by atoms with Crippen molar-refractivity contribution in [1.29, 1.82) is 5.41 Å². The summed E-state index contributed by atoms with van der Waals surface area (Å²) in [7, 11) is 0. The third-order valence-corrected chi connectivity index (χ3v) is 2.63. The van der Waals surface area contributed by atoms with E-state index >= 15 is 0 Å². The summed E-state index contributed by atoms with van der Waals surface area (Å²) >= 11 is 16.6. The van der Waals surface area contributed by atoms with Crippen LogP contribution in [0.25, 0.3) is 0 Å². The van der Waals surface area contributed by atoms with E-state index in [4.69, 9.17) is 40.2 Å². The van der Waals surface area contributed by atoms with Crippen LogP contribution in [0.3, 0.4) is 0 Å². The van der Waals surface area contributed by atoms with Gasteiger partial charge in [-0.3, -0.25) is 15.2 Å². The lowest BCUT2D eigenvalue weighted by Gasteiger charge is -2.16. The number of nitrogens with one attached hydrogen (secondary N) is 2. The van der Waals surface area contributed by atoms with Crippen molar-refractivity contribution in [3.63, 3.8) is 0 Å². The molecule has 0 unspecified atom stereocenters. The van der Waals surface area contributed by atoms with Gasteiger partial charge in [0.25, 0.3) is 5.91 Å². The third-order valence-electron chi connectivity index (χ3n) is 2.06. The van der Waals surface area contributed by atoms with Crippen LogP contribution in [0, 0.1) is 5.41 Å². The number of nitrogens with zero attached hydrogens (tertiary/aromatic N) is 1. The Morgan fingerprint density at radius 2 is 1.89 bits per heavy atom. The highest BCUT2D eigenvalue weighted by Gasteiger charge is 2.34. The van der Waals surface area contributed by atoms with Crippen molar-refractivity contribution in [1.82, 2.24) is 4.98 Å². The average Bonchev–Trinajstić information content (AvgIpc) is 2.28. The van der Waals surface area contributed by atoms with Gasteiger partial charge >= 0.3 is 0 Å². The maximum atomic E-state index is 12.0. The molecular weight excluding hydrogens is 312 g/mol. The third kappa shape index (κ3) is 4.38. The van der Waals surface area contributed by atoms with E-state index in [0.29, 0.717) is 5.69 Å². The van der Waals surface area contributed by atoms with Crippen LogP contribution in [0.4, 0.5) is 5.69 Å². The zero-order valence-corrected chi connectivity index (χ0v) is 12.0. The van der Waals surface area contributed by atoms with E-state index < -0.39 is 26.7 Å². The van der Waals surface area contributed by atoms with Gasteiger partial charge in [0.15, 0.2) is 0 Å². The monoisotopic (exact) mass is 321 g/mol. The number of anilines is 1. The number of hydrogen-bond donors (Lipinski definition) is 3. The van der Waals surface area contributed by atoms with Gasteiger partial charge in [-0.15, -0.1) is 0 Å². The van der Waals surface area contributed by atoms with Gasteiger partial charge in [-0.05, 0) is 19.1 Å². The molecule has 1 amide bonds. The second-order valence-corrected chi connectivity index (χ2v) is 5.80. The molecule has 3 N–H and O–H groups in total. The number of pyridine rings is 1. The van der Waals surface area contributed by atoms with Crippen LogP contribution >= 0.6 is 34.8 Å². The number of aliphatic hydroxyl groups excluding tert-OH is 1. The standard InChI is InChI=1S/C11H10Cl3N3O2/c1-6(18)8(9(15)11(12,13)14)10(19)17-7-2-4-16-5-3-7/h2-5,15,18H,1H3,(H,16,17,19). The molecule has 0 atom stereocenters. The van der Waals surface area contributed by atoms with Crippen LogP contribution in [0.2, 0.25) is 0 Å². The fraction of sp³-hybridized carbons (Fsp3) is 0.182. The Morgan fingerprint density at radius 1 is 1.37 bits per heavy atom. The number of aromatic nitrogens is 1. The molecule has 0 radical (unpaired) electrons. The minimum absolute atomic E-state index is 0.392. The number of carbonyl (C=O) groups is 1. The van der Waals surface area contributed by atoms with Crippen molar-refractivity contribution in [3.8, 4) is 0 Å². The van der Waals surface area contributed by atoms with E-state index in [9.17, 15) is 9.90 Å². The molecule has 0 bridgehead atoms. The minimum atomic E-state index is -2.10. The Balaban J connectivity index is 3.01. The van der Waals surface area contributed by atoms with E-state index in [2.05, 4.69) is 10.3 Å². The molecule has 0 spiro atoms. The number of carbonyl (C=O) groups excluding carboxylic acids is 1. The van der Waals surface area contributed by atoms with E-state index in [0.717, 1.165) is 0 Å². The summed E-state index contributed by atoms with van der Waals surface area (Å²) < 4.78 is -2.10. The molecular formula is C11H10Cl3N3O2. The first-order valence-corrected chi connectivity index (χ1v) is 6.14. The van der Waals surface area contributed by atoms with Crippen molar-refractivity contribution in [3.05, 3.63) is 35.9 Å². The normalized spacial score (nSPS) is 12.6. The molecule has 0 aliphatic rings. The topological polar surface area (TPSA) is 86.1 Å². The van der Waals surface area contributed by atoms with E-state index in [1.165, 1.54) is 19.3 Å². The number of hydrogen-bond acceptors (Lipinski definition) is 4. The van der Waals surface area contributed by atoms with Gasteiger partial charge < -0.3 is 10.4 Å². The zero-order valence-electron chi connectivity index (χ0n) is 9.75. The lowest BCUT2D eigenvalue weighted by atomic mass is 10.1. The van der Waals surface area contributed by atoms with Crippen molar-refractivity contribution in [2.24, 2.45) is 0 Å². The summed E-state index contributed by atoms with van der Waals surface area (Å²) in [6.07, 6.45) is 2.95. The van der Waals surface area contributed by atoms with Gasteiger partial charge in [-0.25, -0.2) is 0 Å². The molecule has 1 rings (SSSR count). The lowest BCUT2D eigenvalue weighted by molar-refractivity contribution is -0.112. The maximum Gasteiger partial charge on any atom is 0.261 e. The first kappa shape index (κ1) is 15.8. The largest absolute Gasteiger partial charge is 0.512 e. The van der Waals surface area contributed by atoms with Crippen molar-refractivity contribution in [2.45, 2.75) is 10.7 Å². The van der Waals surface area contributed by atoms with Crippen LogP contribution in [0.5, 0.6) is 0 Å². The maximum absolute atomic E-state index is 12.0. The summed E-state index contributed by atoms with van der Waals surface area (Å²) in [6, 6.07) is 3.09. The fourth-order valence-corrected chi connectivity index (χ4v) is 1.51. The molecule has 102 valence electrons. The molecule has 0 aliphatic heterocycles. The Hall–Kier alpha value is -1.30. The Labute approximate surface area is 124 Å². The van der Waals surface area contributed by atoms with Gasteiger partial charge in [0, 0.05) is 18.1 Å². The Kier molecular flexibility index (Phi) is 5.17.